The van der Waals surface area contributed by atoms with Crippen molar-refractivity contribution in [2.75, 3.05) is 6.61 Å². The predicted molar refractivity (Wildman–Crippen MR) is 63.5 cm³/mol. The second-order valence-corrected chi connectivity index (χ2v) is 4.44. The molecule has 17 heavy (non-hydrogen) atoms. The van der Waals surface area contributed by atoms with E-state index in [0.29, 0.717) is 13.2 Å². The van der Waals surface area contributed by atoms with E-state index in [1.807, 2.05) is 6.92 Å². The lowest BCUT2D eigenvalue weighted by Gasteiger charge is -2.14. The molecule has 0 aliphatic carbocycles. The molecule has 4 nitrogen and oxygen atoms in total. The van der Waals surface area contributed by atoms with Gasteiger partial charge in [0.25, 0.3) is 0 Å². The molecule has 1 fully saturated rings. The molecule has 0 aromatic heterocycles. The smallest absolute Gasteiger partial charge is 0.249 e. The minimum atomic E-state index is -0.313. The highest BCUT2D eigenvalue weighted by atomic mass is 16.5. The van der Waals surface area contributed by atoms with Crippen LogP contribution in [0.1, 0.15) is 18.9 Å². The highest BCUT2D eigenvalue weighted by Gasteiger charge is 2.30. The third-order valence-corrected chi connectivity index (χ3v) is 3.05. The zero-order chi connectivity index (χ0) is 12.3. The Morgan fingerprint density at radius 3 is 2.76 bits per heavy atom. The van der Waals surface area contributed by atoms with E-state index in [1.54, 1.807) is 24.3 Å². The first-order valence-corrected chi connectivity index (χ1v) is 5.84. The van der Waals surface area contributed by atoms with Gasteiger partial charge in [-0.15, -0.1) is 0 Å². The van der Waals surface area contributed by atoms with Crippen LogP contribution in [-0.4, -0.2) is 23.7 Å². The lowest BCUT2D eigenvalue weighted by atomic mass is 10.0. The summed E-state index contributed by atoms with van der Waals surface area (Å²) >= 11 is 0. The molecule has 2 N–H and O–H groups in total. The monoisotopic (exact) mass is 235 g/mol. The normalized spacial score (nSPS) is 23.6. The Morgan fingerprint density at radius 2 is 2.18 bits per heavy atom. The summed E-state index contributed by atoms with van der Waals surface area (Å²) in [6, 6.07) is 6.79. The van der Waals surface area contributed by atoms with Crippen LogP contribution in [0.3, 0.4) is 0 Å². The molecule has 1 amide bonds. The highest BCUT2D eigenvalue weighted by molar-refractivity contribution is 5.81. The molecule has 1 aromatic carbocycles. The summed E-state index contributed by atoms with van der Waals surface area (Å²) in [5.74, 6) is 0.464. The van der Waals surface area contributed by atoms with Crippen molar-refractivity contribution in [3.05, 3.63) is 29.8 Å². The third kappa shape index (κ3) is 2.97. The standard InChI is InChI=1S/C13H17NO3/c1-9-6-7-17-12(9)13(16)14-8-10-2-4-11(15)5-3-10/h2-5,9,12,15H,6-8H2,1H3,(H,14,16). The van der Waals surface area contributed by atoms with Gasteiger partial charge in [0.1, 0.15) is 11.9 Å². The summed E-state index contributed by atoms with van der Waals surface area (Å²) in [6.07, 6.45) is 0.629. The summed E-state index contributed by atoms with van der Waals surface area (Å²) < 4.78 is 5.38. The lowest BCUT2D eigenvalue weighted by molar-refractivity contribution is -0.131. The van der Waals surface area contributed by atoms with E-state index >= 15 is 0 Å². The van der Waals surface area contributed by atoms with Gasteiger partial charge in [0.15, 0.2) is 0 Å². The van der Waals surface area contributed by atoms with Crippen LogP contribution < -0.4 is 5.32 Å². The van der Waals surface area contributed by atoms with Crippen LogP contribution in [0, 0.1) is 5.92 Å². The van der Waals surface area contributed by atoms with Crippen LogP contribution in [0.2, 0.25) is 0 Å². The number of rotatable bonds is 3. The fourth-order valence-corrected chi connectivity index (χ4v) is 1.93. The van der Waals surface area contributed by atoms with Gasteiger partial charge in [0.2, 0.25) is 5.91 Å². The SMILES string of the molecule is CC1CCOC1C(=O)NCc1ccc(O)cc1. The first-order chi connectivity index (χ1) is 8.16. The number of amides is 1. The molecule has 92 valence electrons. The maximum absolute atomic E-state index is 11.8. The van der Waals surface area contributed by atoms with Crippen LogP contribution in [0.25, 0.3) is 0 Å². The number of benzene rings is 1. The van der Waals surface area contributed by atoms with Gasteiger partial charge in [-0.3, -0.25) is 4.79 Å². The molecule has 2 rings (SSSR count). The maximum atomic E-state index is 11.8. The molecular weight excluding hydrogens is 218 g/mol. The van der Waals surface area contributed by atoms with Crippen molar-refractivity contribution >= 4 is 5.91 Å². The van der Waals surface area contributed by atoms with Crippen molar-refractivity contribution in [2.24, 2.45) is 5.92 Å². The zero-order valence-electron chi connectivity index (χ0n) is 9.85. The van der Waals surface area contributed by atoms with Crippen LogP contribution in [0.15, 0.2) is 24.3 Å². The van der Waals surface area contributed by atoms with E-state index in [-0.39, 0.29) is 23.7 Å². The largest absolute Gasteiger partial charge is 0.508 e. The Labute approximate surface area is 101 Å². The maximum Gasteiger partial charge on any atom is 0.249 e. The number of nitrogens with one attached hydrogen (secondary N) is 1. The Balaban J connectivity index is 1.85. The van der Waals surface area contributed by atoms with Gasteiger partial charge in [-0.1, -0.05) is 19.1 Å². The van der Waals surface area contributed by atoms with E-state index in [2.05, 4.69) is 5.32 Å². The van der Waals surface area contributed by atoms with Crippen LogP contribution in [0.4, 0.5) is 0 Å². The highest BCUT2D eigenvalue weighted by Crippen LogP contribution is 2.20. The summed E-state index contributed by atoms with van der Waals surface area (Å²) in [5, 5.41) is 12.0. The van der Waals surface area contributed by atoms with Crippen LogP contribution in [0.5, 0.6) is 5.75 Å². The van der Waals surface area contributed by atoms with Crippen LogP contribution in [-0.2, 0) is 16.1 Å². The zero-order valence-corrected chi connectivity index (χ0v) is 9.85. The molecular formula is C13H17NO3. The minimum Gasteiger partial charge on any atom is -0.508 e. The Kier molecular flexibility index (Phi) is 3.64. The molecule has 2 unspecified atom stereocenters. The van der Waals surface area contributed by atoms with Crippen LogP contribution >= 0.6 is 0 Å². The molecule has 1 aromatic rings. The Bertz CT molecular complexity index is 388. The fourth-order valence-electron chi connectivity index (χ4n) is 1.93. The van der Waals surface area contributed by atoms with Crippen molar-refractivity contribution < 1.29 is 14.6 Å². The van der Waals surface area contributed by atoms with Crippen molar-refractivity contribution in [1.82, 2.24) is 5.32 Å². The van der Waals surface area contributed by atoms with Crippen molar-refractivity contribution in [3.63, 3.8) is 0 Å². The molecule has 0 saturated carbocycles. The van der Waals surface area contributed by atoms with Gasteiger partial charge in [-0.05, 0) is 30.0 Å². The van der Waals surface area contributed by atoms with Gasteiger partial charge >= 0.3 is 0 Å². The van der Waals surface area contributed by atoms with E-state index in [9.17, 15) is 4.79 Å². The number of carbonyl (C=O) groups is 1. The van der Waals surface area contributed by atoms with Crippen molar-refractivity contribution in [2.45, 2.75) is 26.0 Å². The molecule has 0 radical (unpaired) electrons. The fraction of sp³-hybridized carbons (Fsp3) is 0.462. The Morgan fingerprint density at radius 1 is 1.47 bits per heavy atom. The van der Waals surface area contributed by atoms with Crippen molar-refractivity contribution in [3.8, 4) is 5.75 Å². The van der Waals surface area contributed by atoms with E-state index in [4.69, 9.17) is 9.84 Å². The molecule has 1 heterocycles. The lowest BCUT2D eigenvalue weighted by Crippen LogP contribution is -2.36. The second kappa shape index (κ2) is 5.19. The molecule has 0 spiro atoms. The molecule has 1 saturated heterocycles. The molecule has 1 aliphatic heterocycles. The Hall–Kier alpha value is -1.55. The molecule has 2 atom stereocenters. The number of ether oxygens (including phenoxy) is 1. The average molecular weight is 235 g/mol. The third-order valence-electron chi connectivity index (χ3n) is 3.05. The predicted octanol–water partition coefficient (Wildman–Crippen LogP) is 1.43. The van der Waals surface area contributed by atoms with Gasteiger partial charge in [0, 0.05) is 13.2 Å². The average Bonchev–Trinajstić information content (AvgIpc) is 2.74. The van der Waals surface area contributed by atoms with E-state index < -0.39 is 0 Å². The quantitative estimate of drug-likeness (QED) is 0.833. The molecule has 4 heteroatoms. The van der Waals surface area contributed by atoms with Gasteiger partial charge in [0.05, 0.1) is 0 Å². The number of phenolic OH excluding ortho intramolecular Hbond substituents is 1. The number of hydrogen-bond acceptors (Lipinski definition) is 3. The molecule has 0 bridgehead atoms. The summed E-state index contributed by atoms with van der Waals surface area (Å²) in [4.78, 5) is 11.8. The summed E-state index contributed by atoms with van der Waals surface area (Å²) in [5.41, 5.74) is 0.960. The summed E-state index contributed by atoms with van der Waals surface area (Å²) in [6.45, 7) is 3.15. The number of carbonyl (C=O) groups excluding carboxylic acids is 1. The van der Waals surface area contributed by atoms with Gasteiger partial charge in [-0.2, -0.15) is 0 Å². The number of phenols is 1. The topological polar surface area (TPSA) is 58.6 Å². The number of aromatic hydroxyl groups is 1. The van der Waals surface area contributed by atoms with E-state index in [0.717, 1.165) is 12.0 Å². The van der Waals surface area contributed by atoms with Gasteiger partial charge < -0.3 is 15.2 Å². The molecule has 1 aliphatic rings. The summed E-state index contributed by atoms with van der Waals surface area (Å²) in [7, 11) is 0. The van der Waals surface area contributed by atoms with Gasteiger partial charge in [-0.25, -0.2) is 0 Å². The number of hydrogen-bond donors (Lipinski definition) is 2. The first-order valence-electron chi connectivity index (χ1n) is 5.84. The van der Waals surface area contributed by atoms with E-state index in [1.165, 1.54) is 0 Å². The minimum absolute atomic E-state index is 0.0527. The van der Waals surface area contributed by atoms with Crippen molar-refractivity contribution in [1.29, 1.82) is 0 Å². The second-order valence-electron chi connectivity index (χ2n) is 4.44. The first kappa shape index (κ1) is 11.9.